The summed E-state index contributed by atoms with van der Waals surface area (Å²) in [6.07, 6.45) is 10.2. The lowest BCUT2D eigenvalue weighted by Crippen LogP contribution is -2.54. The SMILES string of the molecule is COc1ccc(C23CCC(C(NC(=O)C4CCC(OC(=O)N5CC(O)C5)CC4)c4cccc(-c5nnc(C6CC6)o5)c4)(CC2)CC3)cc1C. The highest BCUT2D eigenvalue weighted by molar-refractivity contribution is 5.79. The predicted octanol–water partition coefficient (Wildman–Crippen LogP) is 6.75. The number of hydrogen-bond acceptors (Lipinski definition) is 8. The Hall–Kier alpha value is -3.92. The summed E-state index contributed by atoms with van der Waals surface area (Å²) in [4.78, 5) is 28.1. The van der Waals surface area contributed by atoms with E-state index in [1.165, 1.54) is 16.0 Å². The number of aryl methyl sites for hydroxylation is 1. The van der Waals surface area contributed by atoms with Crippen LogP contribution in [-0.2, 0) is 14.9 Å². The summed E-state index contributed by atoms with van der Waals surface area (Å²) < 4.78 is 17.4. The molecule has 9 rings (SSSR count). The summed E-state index contributed by atoms with van der Waals surface area (Å²) in [5, 5.41) is 21.9. The lowest BCUT2D eigenvalue weighted by molar-refractivity contribution is -0.129. The van der Waals surface area contributed by atoms with Crippen LogP contribution in [0.3, 0.4) is 0 Å². The summed E-state index contributed by atoms with van der Waals surface area (Å²) in [5.74, 6) is 2.52. The van der Waals surface area contributed by atoms with Gasteiger partial charge in [0, 0.05) is 17.4 Å². The van der Waals surface area contributed by atoms with Crippen LogP contribution in [0.1, 0.15) is 112 Å². The van der Waals surface area contributed by atoms with Crippen LogP contribution in [-0.4, -0.2) is 64.6 Å². The van der Waals surface area contributed by atoms with Crippen LogP contribution < -0.4 is 10.1 Å². The Bertz CT molecular complexity index is 1680. The third kappa shape index (κ3) is 6.21. The van der Waals surface area contributed by atoms with Crippen molar-refractivity contribution in [2.75, 3.05) is 20.2 Å². The molecule has 2 aromatic carbocycles. The zero-order valence-corrected chi connectivity index (χ0v) is 28.7. The highest BCUT2D eigenvalue weighted by atomic mass is 16.6. The molecule has 260 valence electrons. The van der Waals surface area contributed by atoms with Crippen molar-refractivity contribution in [2.24, 2.45) is 11.3 Å². The topological polar surface area (TPSA) is 127 Å². The number of nitrogens with zero attached hydrogens (tertiary/aromatic N) is 3. The van der Waals surface area contributed by atoms with Crippen molar-refractivity contribution in [3.8, 4) is 17.2 Å². The fourth-order valence-corrected chi connectivity index (χ4v) is 9.10. The fraction of sp³-hybridized carbons (Fsp3) is 0.590. The molecule has 1 aliphatic heterocycles. The molecule has 1 saturated heterocycles. The Labute approximate surface area is 287 Å². The molecule has 10 nitrogen and oxygen atoms in total. The van der Waals surface area contributed by atoms with Gasteiger partial charge in [0.25, 0.3) is 0 Å². The van der Waals surface area contributed by atoms with E-state index in [1.807, 2.05) is 12.1 Å². The average Bonchev–Trinajstić information content (AvgIpc) is 3.85. The monoisotopic (exact) mass is 668 g/mol. The maximum atomic E-state index is 14.1. The third-order valence-electron chi connectivity index (χ3n) is 12.5. The molecule has 49 heavy (non-hydrogen) atoms. The number of likely N-dealkylation sites (tertiary alicyclic amines) is 1. The van der Waals surface area contributed by atoms with Gasteiger partial charge in [-0.25, -0.2) is 4.79 Å². The second-order valence-corrected chi connectivity index (χ2v) is 15.5. The standard InChI is InChI=1S/C39H48N4O6/c1-24-20-29(10-13-32(24)47-2)38-14-17-39(18-15-38,19-16-38)33(27-4-3-5-28(21-27)36-42-41-35(49-36)26-6-7-26)40-34(45)25-8-11-31(12-9-25)48-37(46)43-22-30(44)23-43/h3-5,10,13,20-21,25-26,30-31,33,44H,6-9,11-12,14-19,22-23H2,1-2H3,(H,40,45). The number of carbonyl (C=O) groups excluding carboxylic acids is 2. The summed E-state index contributed by atoms with van der Waals surface area (Å²) in [7, 11) is 1.73. The molecule has 6 fully saturated rings. The number of methoxy groups -OCH3 is 1. The van der Waals surface area contributed by atoms with Gasteiger partial charge >= 0.3 is 6.09 Å². The maximum Gasteiger partial charge on any atom is 0.410 e. The number of fused-ring (bicyclic) bond motifs is 3. The number of hydrogen-bond donors (Lipinski definition) is 2. The highest BCUT2D eigenvalue weighted by Gasteiger charge is 2.53. The first-order chi connectivity index (χ1) is 23.7. The molecule has 1 unspecified atom stereocenters. The van der Waals surface area contributed by atoms with Crippen LogP contribution >= 0.6 is 0 Å². The van der Waals surface area contributed by atoms with Crippen molar-refractivity contribution >= 4 is 12.0 Å². The van der Waals surface area contributed by atoms with E-state index < -0.39 is 6.10 Å². The number of amides is 2. The number of β-amino-alcohol motifs (C(OH)–C–C–N with tert-alkyl or cyclic N) is 1. The molecular weight excluding hydrogens is 620 g/mol. The molecular formula is C39H48N4O6. The molecule has 1 atom stereocenters. The van der Waals surface area contributed by atoms with Crippen LogP contribution in [0.25, 0.3) is 11.5 Å². The van der Waals surface area contributed by atoms with Gasteiger partial charge in [-0.1, -0.05) is 24.3 Å². The molecule has 1 aromatic heterocycles. The van der Waals surface area contributed by atoms with E-state index in [1.54, 1.807) is 7.11 Å². The second kappa shape index (κ2) is 12.8. The second-order valence-electron chi connectivity index (χ2n) is 15.5. The number of ether oxygens (including phenoxy) is 2. The number of aromatic nitrogens is 2. The van der Waals surface area contributed by atoms with Crippen LogP contribution in [0.2, 0.25) is 0 Å². The Morgan fingerprint density at radius 3 is 2.35 bits per heavy atom. The van der Waals surface area contributed by atoms with Crippen LogP contribution in [0, 0.1) is 18.3 Å². The summed E-state index contributed by atoms with van der Waals surface area (Å²) in [6.45, 7) is 2.78. The van der Waals surface area contributed by atoms with E-state index in [-0.39, 0.29) is 40.9 Å². The molecule has 0 radical (unpaired) electrons. The molecule has 2 N–H and O–H groups in total. The van der Waals surface area contributed by atoms with Gasteiger partial charge in [-0.3, -0.25) is 4.79 Å². The van der Waals surface area contributed by atoms with Crippen molar-refractivity contribution in [1.29, 1.82) is 0 Å². The number of aliphatic hydroxyl groups is 1. The van der Waals surface area contributed by atoms with E-state index in [0.29, 0.717) is 50.6 Å². The van der Waals surface area contributed by atoms with Crippen LogP contribution in [0.5, 0.6) is 5.75 Å². The molecule has 2 amide bonds. The van der Waals surface area contributed by atoms with Crippen molar-refractivity contribution in [3.05, 3.63) is 65.0 Å². The summed E-state index contributed by atoms with van der Waals surface area (Å²) in [5.41, 5.74) is 4.66. The van der Waals surface area contributed by atoms with Gasteiger partial charge in [0.2, 0.25) is 17.7 Å². The minimum absolute atomic E-state index is 0.0555. The first kappa shape index (κ1) is 32.3. The third-order valence-corrected chi connectivity index (χ3v) is 12.5. The van der Waals surface area contributed by atoms with Gasteiger partial charge < -0.3 is 29.2 Å². The summed E-state index contributed by atoms with van der Waals surface area (Å²) >= 11 is 0. The van der Waals surface area contributed by atoms with E-state index >= 15 is 0 Å². The Balaban J connectivity index is 1.01. The molecule has 5 aliphatic carbocycles. The molecule has 2 heterocycles. The molecule has 2 bridgehead atoms. The minimum Gasteiger partial charge on any atom is -0.496 e. The zero-order chi connectivity index (χ0) is 33.8. The van der Waals surface area contributed by atoms with Crippen molar-refractivity contribution in [2.45, 2.75) is 114 Å². The maximum absolute atomic E-state index is 14.1. The lowest BCUT2D eigenvalue weighted by Gasteiger charge is -2.57. The Kier molecular flexibility index (Phi) is 8.41. The van der Waals surface area contributed by atoms with Gasteiger partial charge in [-0.15, -0.1) is 10.2 Å². The van der Waals surface area contributed by atoms with Gasteiger partial charge in [0.05, 0.1) is 32.3 Å². The van der Waals surface area contributed by atoms with Crippen molar-refractivity contribution in [3.63, 3.8) is 0 Å². The van der Waals surface area contributed by atoms with E-state index in [4.69, 9.17) is 13.9 Å². The lowest BCUT2D eigenvalue weighted by atomic mass is 9.49. The Morgan fingerprint density at radius 1 is 0.959 bits per heavy atom. The predicted molar refractivity (Wildman–Crippen MR) is 182 cm³/mol. The summed E-state index contributed by atoms with van der Waals surface area (Å²) in [6, 6.07) is 14.9. The first-order valence-corrected chi connectivity index (χ1v) is 18.3. The van der Waals surface area contributed by atoms with E-state index in [0.717, 1.165) is 74.1 Å². The van der Waals surface area contributed by atoms with Crippen molar-refractivity contribution < 1.29 is 28.6 Å². The smallest absolute Gasteiger partial charge is 0.410 e. The minimum atomic E-state index is -0.455. The Morgan fingerprint density at radius 2 is 1.69 bits per heavy atom. The normalized spacial score (nSPS) is 28.8. The number of nitrogens with one attached hydrogen (secondary N) is 1. The largest absolute Gasteiger partial charge is 0.496 e. The van der Waals surface area contributed by atoms with Crippen LogP contribution in [0.4, 0.5) is 4.79 Å². The van der Waals surface area contributed by atoms with Gasteiger partial charge in [-0.05, 0) is 130 Å². The fourth-order valence-electron chi connectivity index (χ4n) is 9.10. The van der Waals surface area contributed by atoms with E-state index in [2.05, 4.69) is 52.8 Å². The van der Waals surface area contributed by atoms with Gasteiger partial charge in [0.15, 0.2) is 0 Å². The zero-order valence-electron chi connectivity index (χ0n) is 28.7. The van der Waals surface area contributed by atoms with Gasteiger partial charge in [0.1, 0.15) is 11.9 Å². The number of aliphatic hydroxyl groups excluding tert-OH is 1. The quantitative estimate of drug-likeness (QED) is 0.256. The number of carbonyl (C=O) groups is 2. The number of rotatable bonds is 9. The van der Waals surface area contributed by atoms with E-state index in [9.17, 15) is 14.7 Å². The molecule has 3 aromatic rings. The van der Waals surface area contributed by atoms with Crippen molar-refractivity contribution in [1.82, 2.24) is 20.4 Å². The first-order valence-electron chi connectivity index (χ1n) is 18.3. The number of benzene rings is 2. The molecule has 6 aliphatic rings. The highest BCUT2D eigenvalue weighted by Crippen LogP contribution is 2.62. The van der Waals surface area contributed by atoms with Gasteiger partial charge in [-0.2, -0.15) is 0 Å². The molecule has 0 spiro atoms. The molecule has 5 saturated carbocycles. The molecule has 10 heteroatoms. The van der Waals surface area contributed by atoms with Crippen LogP contribution in [0.15, 0.2) is 46.9 Å². The average molecular weight is 669 g/mol.